The van der Waals surface area contributed by atoms with Crippen LogP contribution < -0.4 is 14.4 Å². The Morgan fingerprint density at radius 2 is 1.96 bits per heavy atom. The lowest BCUT2D eigenvalue weighted by molar-refractivity contribution is -0.139. The number of sulfonamides is 1. The molecule has 2 aliphatic heterocycles. The van der Waals surface area contributed by atoms with E-state index in [2.05, 4.69) is 15.7 Å². The highest BCUT2D eigenvalue weighted by Crippen LogP contribution is 2.47. The van der Waals surface area contributed by atoms with Gasteiger partial charge in [0.15, 0.2) is 0 Å². The summed E-state index contributed by atoms with van der Waals surface area (Å²) in [6.45, 7) is 4.70. The van der Waals surface area contributed by atoms with Crippen molar-refractivity contribution < 1.29 is 32.2 Å². The molecular formula is C34H42ClN3O7S. The topological polar surface area (TPSA) is 114 Å². The van der Waals surface area contributed by atoms with E-state index in [9.17, 15) is 18.0 Å². The van der Waals surface area contributed by atoms with E-state index >= 15 is 0 Å². The van der Waals surface area contributed by atoms with Crippen molar-refractivity contribution in [2.24, 2.45) is 11.8 Å². The monoisotopic (exact) mass is 671 g/mol. The molecule has 46 heavy (non-hydrogen) atoms. The molecule has 4 atom stereocenters. The number of carbonyl (C=O) groups is 2. The fourth-order valence-corrected chi connectivity index (χ4v) is 8.42. The summed E-state index contributed by atoms with van der Waals surface area (Å²) in [5, 5.41) is 0.702. The van der Waals surface area contributed by atoms with Crippen molar-refractivity contribution in [3.63, 3.8) is 0 Å². The number of nitrogens with one attached hydrogen (secondary N) is 1. The van der Waals surface area contributed by atoms with Crippen LogP contribution in [-0.4, -0.2) is 77.4 Å². The number of nitrogens with zero attached hydrogens (tertiary/aromatic N) is 2. The van der Waals surface area contributed by atoms with Gasteiger partial charge in [0.2, 0.25) is 0 Å². The molecule has 248 valence electrons. The van der Waals surface area contributed by atoms with E-state index in [0.29, 0.717) is 36.2 Å². The summed E-state index contributed by atoms with van der Waals surface area (Å²) in [6, 6.07) is 10.8. The first kappa shape index (κ1) is 32.7. The molecule has 2 aromatic rings. The lowest BCUT2D eigenvalue weighted by Gasteiger charge is -2.46. The van der Waals surface area contributed by atoms with Gasteiger partial charge in [-0.1, -0.05) is 23.7 Å². The summed E-state index contributed by atoms with van der Waals surface area (Å²) in [6.07, 6.45) is 7.24. The number of hydrogen-bond donors (Lipinski definition) is 1. The third-order valence-electron chi connectivity index (χ3n) is 9.91. The van der Waals surface area contributed by atoms with Gasteiger partial charge in [0.1, 0.15) is 17.5 Å². The van der Waals surface area contributed by atoms with Gasteiger partial charge in [0, 0.05) is 43.5 Å². The molecule has 0 aromatic heterocycles. The van der Waals surface area contributed by atoms with Crippen LogP contribution in [0.25, 0.3) is 0 Å². The summed E-state index contributed by atoms with van der Waals surface area (Å²) in [4.78, 5) is 29.5. The lowest BCUT2D eigenvalue weighted by Crippen LogP contribution is -2.50. The van der Waals surface area contributed by atoms with E-state index in [1.165, 1.54) is 35.9 Å². The lowest BCUT2D eigenvalue weighted by atomic mass is 9.68. The average Bonchev–Trinajstić information content (AvgIpc) is 3.13. The molecule has 12 heteroatoms. The van der Waals surface area contributed by atoms with Crippen molar-refractivity contribution in [1.29, 1.82) is 0 Å². The minimum absolute atomic E-state index is 0.0299. The van der Waals surface area contributed by atoms with Crippen LogP contribution in [0.1, 0.15) is 50.7 Å². The predicted molar refractivity (Wildman–Crippen MR) is 175 cm³/mol. The first-order chi connectivity index (χ1) is 21.8. The minimum atomic E-state index is -4.23. The van der Waals surface area contributed by atoms with Crippen LogP contribution in [-0.2, 0) is 36.1 Å². The van der Waals surface area contributed by atoms with Gasteiger partial charge in [0.05, 0.1) is 23.8 Å². The summed E-state index contributed by atoms with van der Waals surface area (Å²) < 4.78 is 47.6. The maximum atomic E-state index is 13.6. The Labute approximate surface area is 276 Å². The van der Waals surface area contributed by atoms with E-state index in [1.807, 2.05) is 18.2 Å². The van der Waals surface area contributed by atoms with Gasteiger partial charge in [-0.3, -0.25) is 4.79 Å². The van der Waals surface area contributed by atoms with Crippen LogP contribution in [0.4, 0.5) is 10.5 Å². The number of hydrogen-bond acceptors (Lipinski definition) is 8. The van der Waals surface area contributed by atoms with Crippen molar-refractivity contribution in [3.05, 3.63) is 64.7 Å². The fourth-order valence-electron chi connectivity index (χ4n) is 7.10. The highest BCUT2D eigenvalue weighted by Gasteiger charge is 2.45. The molecule has 2 heterocycles. The number of halogens is 1. The van der Waals surface area contributed by atoms with Crippen molar-refractivity contribution in [1.82, 2.24) is 9.62 Å². The SMILES string of the molecule is CN(C)C(=O)O[C@@H]1C=CCOC(C)(C)C(=O)NS(=O)(=O)c2ccc3c(c2)N(C[C@@H]2CC[C@H]21)C[C@@]1(CCCc2cc(Cl)ccc21)CO3. The van der Waals surface area contributed by atoms with E-state index in [4.69, 9.17) is 25.8 Å². The Morgan fingerprint density at radius 1 is 1.15 bits per heavy atom. The van der Waals surface area contributed by atoms with Gasteiger partial charge in [-0.05, 0) is 99.4 Å². The third-order valence-corrected chi connectivity index (χ3v) is 11.5. The largest absolute Gasteiger partial charge is 0.490 e. The summed E-state index contributed by atoms with van der Waals surface area (Å²) in [5.41, 5.74) is 1.27. The van der Waals surface area contributed by atoms with Crippen LogP contribution in [0.15, 0.2) is 53.4 Å². The molecule has 4 aliphatic rings. The van der Waals surface area contributed by atoms with Crippen molar-refractivity contribution >= 4 is 39.3 Å². The van der Waals surface area contributed by atoms with Crippen LogP contribution >= 0.6 is 11.6 Å². The van der Waals surface area contributed by atoms with Crippen LogP contribution in [0.3, 0.4) is 0 Å². The summed E-state index contributed by atoms with van der Waals surface area (Å²) in [7, 11) is -0.925. The number of carbonyl (C=O) groups excluding carboxylic acids is 2. The van der Waals surface area contributed by atoms with Gasteiger partial charge < -0.3 is 24.0 Å². The van der Waals surface area contributed by atoms with Gasteiger partial charge in [0.25, 0.3) is 15.9 Å². The second-order valence-electron chi connectivity index (χ2n) is 13.7. The molecule has 0 unspecified atom stereocenters. The predicted octanol–water partition coefficient (Wildman–Crippen LogP) is 5.08. The Kier molecular flexibility index (Phi) is 8.80. The van der Waals surface area contributed by atoms with E-state index in [0.717, 1.165) is 32.1 Å². The van der Waals surface area contributed by atoms with Crippen molar-refractivity contribution in [2.75, 3.05) is 45.3 Å². The maximum absolute atomic E-state index is 13.6. The molecule has 1 N–H and O–H groups in total. The maximum Gasteiger partial charge on any atom is 0.409 e. The Hall–Kier alpha value is -3.28. The van der Waals surface area contributed by atoms with Crippen LogP contribution in [0, 0.1) is 11.8 Å². The number of ether oxygens (including phenoxy) is 3. The zero-order valence-electron chi connectivity index (χ0n) is 26.8. The molecule has 10 nitrogen and oxygen atoms in total. The number of anilines is 1. The number of benzene rings is 2. The Morgan fingerprint density at radius 3 is 2.70 bits per heavy atom. The first-order valence-corrected chi connectivity index (χ1v) is 17.7. The molecule has 2 aliphatic carbocycles. The zero-order chi connectivity index (χ0) is 32.9. The number of aryl methyl sites for hydroxylation is 1. The molecule has 1 fully saturated rings. The summed E-state index contributed by atoms with van der Waals surface area (Å²) >= 11 is 6.41. The number of amides is 2. The molecule has 2 bridgehead atoms. The molecule has 6 rings (SSSR count). The average molecular weight is 672 g/mol. The smallest absolute Gasteiger partial charge is 0.409 e. The van der Waals surface area contributed by atoms with Gasteiger partial charge in [-0.25, -0.2) is 17.9 Å². The molecule has 0 radical (unpaired) electrons. The molecule has 2 aromatic carbocycles. The molecule has 1 spiro atoms. The molecular weight excluding hydrogens is 630 g/mol. The van der Waals surface area contributed by atoms with Gasteiger partial charge in [-0.2, -0.15) is 0 Å². The van der Waals surface area contributed by atoms with Gasteiger partial charge in [-0.15, -0.1) is 0 Å². The first-order valence-electron chi connectivity index (χ1n) is 15.8. The number of fused-ring (bicyclic) bond motifs is 4. The third kappa shape index (κ3) is 6.33. The molecule has 0 saturated heterocycles. The molecule has 2 amide bonds. The van der Waals surface area contributed by atoms with E-state index in [-0.39, 0.29) is 28.8 Å². The number of rotatable bonds is 1. The second kappa shape index (κ2) is 12.4. The van der Waals surface area contributed by atoms with Gasteiger partial charge >= 0.3 is 6.09 Å². The molecule has 1 saturated carbocycles. The Bertz CT molecular complexity index is 1660. The van der Waals surface area contributed by atoms with Crippen molar-refractivity contribution in [2.45, 2.75) is 68.0 Å². The highest BCUT2D eigenvalue weighted by molar-refractivity contribution is 7.90. The Balaban J connectivity index is 1.44. The van der Waals surface area contributed by atoms with Crippen molar-refractivity contribution in [3.8, 4) is 5.75 Å². The zero-order valence-corrected chi connectivity index (χ0v) is 28.3. The minimum Gasteiger partial charge on any atom is -0.490 e. The fraction of sp³-hybridized carbons (Fsp3) is 0.529. The van der Waals surface area contributed by atoms with E-state index in [1.54, 1.807) is 32.3 Å². The van der Waals surface area contributed by atoms with Crippen LogP contribution in [0.2, 0.25) is 5.02 Å². The normalized spacial score (nSPS) is 28.4. The standard InChI is InChI=1S/C34H42ClN3O7S/c1-33(2)31(39)36-46(41,42)25-11-14-30-28(18-25)38(20-34(21-43-30)15-5-7-22-17-24(35)10-13-27(22)34)19-23-9-12-26(23)29(8-6-16-44-33)45-32(40)37(3)4/h6,8,10-11,13-14,17-18,23,26,29H,5,7,9,12,15-16,19-21H2,1-4H3,(H,36,39)/t23-,26+,29+,34-/m0/s1. The summed E-state index contributed by atoms with van der Waals surface area (Å²) in [5.74, 6) is -0.00935. The second-order valence-corrected chi connectivity index (χ2v) is 15.8. The van der Waals surface area contributed by atoms with E-state index < -0.39 is 33.7 Å². The quantitative estimate of drug-likeness (QED) is 0.418. The highest BCUT2D eigenvalue weighted by atomic mass is 35.5. The van der Waals surface area contributed by atoms with Crippen LogP contribution in [0.5, 0.6) is 5.75 Å².